The molecule has 0 saturated carbocycles. The zero-order chi connectivity index (χ0) is 14.8. The van der Waals surface area contributed by atoms with Gasteiger partial charge in [-0.05, 0) is 31.4 Å². The molecule has 0 unspecified atom stereocenters. The van der Waals surface area contributed by atoms with Gasteiger partial charge in [0, 0.05) is 26.2 Å². The zero-order valence-corrected chi connectivity index (χ0v) is 12.6. The maximum Gasteiger partial charge on any atom is 0.227 e. The van der Waals surface area contributed by atoms with Crippen LogP contribution in [-0.4, -0.2) is 31.2 Å². The average molecular weight is 279 g/mol. The van der Waals surface area contributed by atoms with Gasteiger partial charge in [0.05, 0.1) is 11.9 Å². The number of nitrogens with zero attached hydrogens (tertiary/aromatic N) is 1. The minimum absolute atomic E-state index is 0.0672. The van der Waals surface area contributed by atoms with Crippen LogP contribution in [0.25, 0.3) is 0 Å². The van der Waals surface area contributed by atoms with Crippen molar-refractivity contribution >= 4 is 17.4 Å². The third kappa shape index (κ3) is 5.57. The second-order valence-corrected chi connectivity index (χ2v) is 4.71. The first kappa shape index (κ1) is 16.4. The monoisotopic (exact) mass is 279 g/mol. The van der Waals surface area contributed by atoms with E-state index in [4.69, 9.17) is 4.74 Å². The molecule has 1 aromatic heterocycles. The molecule has 1 aromatic rings. The van der Waals surface area contributed by atoms with E-state index < -0.39 is 0 Å². The summed E-state index contributed by atoms with van der Waals surface area (Å²) in [6.07, 6.45) is 4.33. The van der Waals surface area contributed by atoms with Crippen LogP contribution in [0, 0.1) is 5.92 Å². The first-order valence-electron chi connectivity index (χ1n) is 7.21. The third-order valence-corrected chi connectivity index (χ3v) is 3.22. The Bertz CT molecular complexity index is 389. The highest BCUT2D eigenvalue weighted by atomic mass is 16.5. The number of carbonyl (C=O) groups excluding carboxylic acids is 1. The quantitative estimate of drug-likeness (QED) is 0.682. The van der Waals surface area contributed by atoms with Gasteiger partial charge in [-0.3, -0.25) is 4.79 Å². The number of ether oxygens (including phenoxy) is 1. The zero-order valence-electron chi connectivity index (χ0n) is 12.6. The van der Waals surface area contributed by atoms with Crippen molar-refractivity contribution in [3.8, 4) is 0 Å². The largest absolute Gasteiger partial charge is 0.385 e. The minimum Gasteiger partial charge on any atom is -0.385 e. The van der Waals surface area contributed by atoms with Crippen LogP contribution in [0.1, 0.15) is 33.1 Å². The number of carbonyl (C=O) groups is 1. The van der Waals surface area contributed by atoms with E-state index in [1.165, 1.54) is 0 Å². The highest BCUT2D eigenvalue weighted by molar-refractivity contribution is 5.92. The van der Waals surface area contributed by atoms with Crippen molar-refractivity contribution in [1.82, 2.24) is 4.98 Å². The van der Waals surface area contributed by atoms with E-state index in [-0.39, 0.29) is 11.8 Å². The summed E-state index contributed by atoms with van der Waals surface area (Å²) >= 11 is 0. The maximum absolute atomic E-state index is 11.9. The predicted molar refractivity (Wildman–Crippen MR) is 81.9 cm³/mol. The van der Waals surface area contributed by atoms with Gasteiger partial charge in [-0.25, -0.2) is 4.98 Å². The molecule has 0 aromatic carbocycles. The van der Waals surface area contributed by atoms with Crippen molar-refractivity contribution in [3.63, 3.8) is 0 Å². The highest BCUT2D eigenvalue weighted by Gasteiger charge is 2.13. The Labute approximate surface area is 121 Å². The van der Waals surface area contributed by atoms with E-state index in [2.05, 4.69) is 15.6 Å². The summed E-state index contributed by atoms with van der Waals surface area (Å²) in [5.74, 6) is 0.945. The molecule has 0 radical (unpaired) electrons. The van der Waals surface area contributed by atoms with E-state index in [9.17, 15) is 4.79 Å². The van der Waals surface area contributed by atoms with Gasteiger partial charge in [-0.1, -0.05) is 13.8 Å². The average Bonchev–Trinajstić information content (AvgIpc) is 2.46. The van der Waals surface area contributed by atoms with Crippen LogP contribution in [0.5, 0.6) is 0 Å². The lowest BCUT2D eigenvalue weighted by molar-refractivity contribution is -0.120. The Morgan fingerprint density at radius 3 is 2.65 bits per heavy atom. The van der Waals surface area contributed by atoms with E-state index >= 15 is 0 Å². The van der Waals surface area contributed by atoms with Crippen LogP contribution in [-0.2, 0) is 9.53 Å². The summed E-state index contributed by atoms with van der Waals surface area (Å²) in [5, 5.41) is 6.10. The molecule has 0 aliphatic rings. The lowest BCUT2D eigenvalue weighted by Crippen LogP contribution is -2.21. The SMILES string of the molecule is CCC(CC)C(=O)Nc1ccc(NCCCOC)nc1. The van der Waals surface area contributed by atoms with Gasteiger partial charge < -0.3 is 15.4 Å². The first-order chi connectivity index (χ1) is 9.71. The molecule has 1 heterocycles. The molecule has 0 saturated heterocycles. The summed E-state index contributed by atoms with van der Waals surface area (Å²) in [7, 11) is 1.69. The van der Waals surface area contributed by atoms with Crippen molar-refractivity contribution in [3.05, 3.63) is 18.3 Å². The fraction of sp³-hybridized carbons (Fsp3) is 0.600. The fourth-order valence-electron chi connectivity index (χ4n) is 1.91. The molecule has 0 aliphatic carbocycles. The van der Waals surface area contributed by atoms with Crippen LogP contribution in [0.2, 0.25) is 0 Å². The van der Waals surface area contributed by atoms with Crippen molar-refractivity contribution in [2.75, 3.05) is 30.9 Å². The fourth-order valence-corrected chi connectivity index (χ4v) is 1.91. The summed E-state index contributed by atoms with van der Waals surface area (Å²) < 4.78 is 4.98. The Morgan fingerprint density at radius 1 is 1.35 bits per heavy atom. The number of hydrogen-bond donors (Lipinski definition) is 2. The molecule has 0 aliphatic heterocycles. The maximum atomic E-state index is 11.9. The number of nitrogens with one attached hydrogen (secondary N) is 2. The second kappa shape index (κ2) is 9.31. The Hall–Kier alpha value is -1.62. The molecule has 1 rings (SSSR count). The Kier molecular flexibility index (Phi) is 7.65. The number of hydrogen-bond acceptors (Lipinski definition) is 4. The number of pyridine rings is 1. The summed E-state index contributed by atoms with van der Waals surface area (Å²) in [6, 6.07) is 3.74. The van der Waals surface area contributed by atoms with Crippen molar-refractivity contribution in [2.45, 2.75) is 33.1 Å². The smallest absolute Gasteiger partial charge is 0.227 e. The molecular formula is C15H25N3O2. The molecule has 0 spiro atoms. The van der Waals surface area contributed by atoms with Crippen molar-refractivity contribution < 1.29 is 9.53 Å². The highest BCUT2D eigenvalue weighted by Crippen LogP contribution is 2.14. The molecule has 5 nitrogen and oxygen atoms in total. The molecule has 112 valence electrons. The number of amides is 1. The first-order valence-corrected chi connectivity index (χ1v) is 7.21. The van der Waals surface area contributed by atoms with E-state index in [0.29, 0.717) is 0 Å². The number of methoxy groups -OCH3 is 1. The minimum atomic E-state index is 0.0672. The van der Waals surface area contributed by atoms with Crippen molar-refractivity contribution in [1.29, 1.82) is 0 Å². The molecule has 2 N–H and O–H groups in total. The van der Waals surface area contributed by atoms with E-state index in [1.54, 1.807) is 13.3 Å². The van der Waals surface area contributed by atoms with Crippen LogP contribution in [0.4, 0.5) is 11.5 Å². The molecular weight excluding hydrogens is 254 g/mol. The lowest BCUT2D eigenvalue weighted by atomic mass is 10.0. The van der Waals surface area contributed by atoms with Crippen LogP contribution in [0.3, 0.4) is 0 Å². The Balaban J connectivity index is 2.44. The normalized spacial score (nSPS) is 10.6. The summed E-state index contributed by atoms with van der Waals surface area (Å²) in [6.45, 7) is 5.61. The van der Waals surface area contributed by atoms with Crippen LogP contribution >= 0.6 is 0 Å². The Morgan fingerprint density at radius 2 is 2.10 bits per heavy atom. The molecule has 5 heteroatoms. The lowest BCUT2D eigenvalue weighted by Gasteiger charge is -2.13. The number of anilines is 2. The van der Waals surface area contributed by atoms with Gasteiger partial charge in [0.2, 0.25) is 5.91 Å². The predicted octanol–water partition coefficient (Wildman–Crippen LogP) is 2.90. The van der Waals surface area contributed by atoms with Crippen LogP contribution < -0.4 is 10.6 Å². The topological polar surface area (TPSA) is 63.2 Å². The second-order valence-electron chi connectivity index (χ2n) is 4.71. The van der Waals surface area contributed by atoms with Gasteiger partial charge >= 0.3 is 0 Å². The molecule has 0 fully saturated rings. The van der Waals surface area contributed by atoms with Crippen LogP contribution in [0.15, 0.2) is 18.3 Å². The molecule has 1 amide bonds. The number of rotatable bonds is 9. The summed E-state index contributed by atoms with van der Waals surface area (Å²) in [4.78, 5) is 16.2. The summed E-state index contributed by atoms with van der Waals surface area (Å²) in [5.41, 5.74) is 0.740. The molecule has 20 heavy (non-hydrogen) atoms. The van der Waals surface area contributed by atoms with Gasteiger partial charge in [0.1, 0.15) is 5.82 Å². The van der Waals surface area contributed by atoms with E-state index in [1.807, 2.05) is 26.0 Å². The number of aromatic nitrogens is 1. The standard InChI is InChI=1S/C15H25N3O2/c1-4-12(5-2)15(19)18-13-7-8-14(17-11-13)16-9-6-10-20-3/h7-8,11-12H,4-6,9-10H2,1-3H3,(H,16,17)(H,18,19). The van der Waals surface area contributed by atoms with Crippen molar-refractivity contribution in [2.24, 2.45) is 5.92 Å². The van der Waals surface area contributed by atoms with Gasteiger partial charge in [-0.15, -0.1) is 0 Å². The van der Waals surface area contributed by atoms with E-state index in [0.717, 1.165) is 43.9 Å². The van der Waals surface area contributed by atoms with Gasteiger partial charge in [-0.2, -0.15) is 0 Å². The van der Waals surface area contributed by atoms with Gasteiger partial charge in [0.25, 0.3) is 0 Å². The molecule has 0 atom stereocenters. The van der Waals surface area contributed by atoms with Gasteiger partial charge in [0.15, 0.2) is 0 Å². The molecule has 0 bridgehead atoms. The third-order valence-electron chi connectivity index (χ3n) is 3.22.